The monoisotopic (exact) mass is 292 g/mol. The SMILES string of the molecule is CC(C)C1CCN(c2nc3sccn3c2CCN)CC1. The Morgan fingerprint density at radius 3 is 2.80 bits per heavy atom. The molecule has 4 nitrogen and oxygen atoms in total. The first-order chi connectivity index (χ1) is 9.70. The number of rotatable bonds is 4. The summed E-state index contributed by atoms with van der Waals surface area (Å²) in [5.41, 5.74) is 7.07. The molecule has 0 bridgehead atoms. The maximum absolute atomic E-state index is 5.78. The Hall–Kier alpha value is -1.07. The van der Waals surface area contributed by atoms with Crippen molar-refractivity contribution < 1.29 is 0 Å². The molecule has 0 spiro atoms. The van der Waals surface area contributed by atoms with Gasteiger partial charge < -0.3 is 10.6 Å². The van der Waals surface area contributed by atoms with Crippen LogP contribution in [-0.4, -0.2) is 29.0 Å². The molecular weight excluding hydrogens is 268 g/mol. The summed E-state index contributed by atoms with van der Waals surface area (Å²) in [6.07, 6.45) is 5.58. The van der Waals surface area contributed by atoms with Crippen LogP contribution >= 0.6 is 11.3 Å². The van der Waals surface area contributed by atoms with Gasteiger partial charge in [0.15, 0.2) is 10.8 Å². The lowest BCUT2D eigenvalue weighted by atomic mass is 9.87. The van der Waals surface area contributed by atoms with Crippen LogP contribution in [0.3, 0.4) is 0 Å². The summed E-state index contributed by atoms with van der Waals surface area (Å²) < 4.78 is 2.21. The Balaban J connectivity index is 1.83. The van der Waals surface area contributed by atoms with Gasteiger partial charge >= 0.3 is 0 Å². The standard InChI is InChI=1S/C15H24N4S/c1-11(2)12-4-7-18(8-5-12)14-13(3-6-16)19-9-10-20-15(19)17-14/h9-12H,3-8,16H2,1-2H3. The highest BCUT2D eigenvalue weighted by molar-refractivity contribution is 7.15. The number of nitrogens with two attached hydrogens (primary N) is 1. The van der Waals surface area contributed by atoms with Gasteiger partial charge in [-0.15, -0.1) is 11.3 Å². The van der Waals surface area contributed by atoms with E-state index < -0.39 is 0 Å². The highest BCUT2D eigenvalue weighted by Crippen LogP contribution is 2.31. The largest absolute Gasteiger partial charge is 0.355 e. The van der Waals surface area contributed by atoms with Gasteiger partial charge in [0, 0.05) is 31.1 Å². The van der Waals surface area contributed by atoms with Crippen molar-refractivity contribution in [3.8, 4) is 0 Å². The molecule has 2 aromatic rings. The second kappa shape index (κ2) is 5.74. The second-order valence-electron chi connectivity index (χ2n) is 6.04. The van der Waals surface area contributed by atoms with Crippen LogP contribution in [-0.2, 0) is 6.42 Å². The van der Waals surface area contributed by atoms with Crippen molar-refractivity contribution in [1.82, 2.24) is 9.38 Å². The minimum absolute atomic E-state index is 0.680. The Labute approximate surface area is 124 Å². The van der Waals surface area contributed by atoms with Crippen molar-refractivity contribution in [2.45, 2.75) is 33.1 Å². The van der Waals surface area contributed by atoms with Gasteiger partial charge in [0.1, 0.15) is 0 Å². The number of imidazole rings is 1. The zero-order chi connectivity index (χ0) is 14.1. The van der Waals surface area contributed by atoms with Crippen LogP contribution in [0.25, 0.3) is 4.96 Å². The van der Waals surface area contributed by atoms with Gasteiger partial charge in [-0.1, -0.05) is 13.8 Å². The molecule has 0 atom stereocenters. The van der Waals surface area contributed by atoms with E-state index in [2.05, 4.69) is 34.7 Å². The zero-order valence-corrected chi connectivity index (χ0v) is 13.2. The van der Waals surface area contributed by atoms with Crippen molar-refractivity contribution in [1.29, 1.82) is 0 Å². The highest BCUT2D eigenvalue weighted by atomic mass is 32.1. The summed E-state index contributed by atoms with van der Waals surface area (Å²) in [5, 5.41) is 2.09. The van der Waals surface area contributed by atoms with Crippen molar-refractivity contribution in [3.05, 3.63) is 17.3 Å². The summed E-state index contributed by atoms with van der Waals surface area (Å²) in [4.78, 5) is 8.39. The minimum Gasteiger partial charge on any atom is -0.355 e. The fourth-order valence-electron chi connectivity index (χ4n) is 3.22. The fraction of sp³-hybridized carbons (Fsp3) is 0.667. The molecule has 0 radical (unpaired) electrons. The van der Waals surface area contributed by atoms with E-state index in [1.54, 1.807) is 11.3 Å². The topological polar surface area (TPSA) is 46.6 Å². The van der Waals surface area contributed by atoms with Crippen LogP contribution in [0.4, 0.5) is 5.82 Å². The molecule has 3 rings (SSSR count). The number of nitrogens with zero attached hydrogens (tertiary/aromatic N) is 3. The third-order valence-corrected chi connectivity index (χ3v) is 5.26. The molecular formula is C15H24N4S. The molecule has 2 N–H and O–H groups in total. The Bertz CT molecular complexity index is 563. The van der Waals surface area contributed by atoms with Gasteiger partial charge in [0.05, 0.1) is 5.69 Å². The van der Waals surface area contributed by atoms with Gasteiger partial charge in [-0.2, -0.15) is 0 Å². The van der Waals surface area contributed by atoms with Crippen LogP contribution in [0.1, 0.15) is 32.4 Å². The summed E-state index contributed by atoms with van der Waals surface area (Å²) >= 11 is 1.70. The minimum atomic E-state index is 0.680. The Kier molecular flexibility index (Phi) is 3.98. The molecule has 1 saturated heterocycles. The van der Waals surface area contributed by atoms with Crippen LogP contribution in [0.5, 0.6) is 0 Å². The lowest BCUT2D eigenvalue weighted by Crippen LogP contribution is -2.36. The third-order valence-electron chi connectivity index (χ3n) is 4.50. The van der Waals surface area contributed by atoms with Gasteiger partial charge in [-0.05, 0) is 31.2 Å². The van der Waals surface area contributed by atoms with E-state index in [4.69, 9.17) is 10.7 Å². The first kappa shape index (κ1) is 13.9. The Morgan fingerprint density at radius 2 is 2.15 bits per heavy atom. The predicted molar refractivity (Wildman–Crippen MR) is 85.6 cm³/mol. The van der Waals surface area contributed by atoms with Crippen LogP contribution < -0.4 is 10.6 Å². The fourth-order valence-corrected chi connectivity index (χ4v) is 3.95. The lowest BCUT2D eigenvalue weighted by Gasteiger charge is -2.34. The van der Waals surface area contributed by atoms with Crippen molar-refractivity contribution in [3.63, 3.8) is 0 Å². The van der Waals surface area contributed by atoms with Crippen molar-refractivity contribution in [2.24, 2.45) is 17.6 Å². The van der Waals surface area contributed by atoms with Crippen molar-refractivity contribution >= 4 is 22.1 Å². The van der Waals surface area contributed by atoms with Crippen molar-refractivity contribution in [2.75, 3.05) is 24.5 Å². The normalized spacial score (nSPS) is 17.5. The average Bonchev–Trinajstić information content (AvgIpc) is 3.02. The van der Waals surface area contributed by atoms with Crippen LogP contribution in [0.2, 0.25) is 0 Å². The number of anilines is 1. The molecule has 0 aliphatic carbocycles. The molecule has 3 heterocycles. The molecule has 1 aliphatic heterocycles. The summed E-state index contributed by atoms with van der Waals surface area (Å²) in [7, 11) is 0. The predicted octanol–water partition coefficient (Wildman–Crippen LogP) is 2.77. The smallest absolute Gasteiger partial charge is 0.195 e. The quantitative estimate of drug-likeness (QED) is 0.942. The van der Waals surface area contributed by atoms with Crippen LogP contribution in [0.15, 0.2) is 11.6 Å². The molecule has 5 heteroatoms. The number of fused-ring (bicyclic) bond motifs is 1. The van der Waals surface area contributed by atoms with Gasteiger partial charge in [0.25, 0.3) is 0 Å². The summed E-state index contributed by atoms with van der Waals surface area (Å²) in [5.74, 6) is 2.84. The molecule has 1 fully saturated rings. The summed E-state index contributed by atoms with van der Waals surface area (Å²) in [6.45, 7) is 7.62. The van der Waals surface area contributed by atoms with Gasteiger partial charge in [-0.3, -0.25) is 4.40 Å². The van der Waals surface area contributed by atoms with E-state index in [0.717, 1.165) is 36.3 Å². The first-order valence-corrected chi connectivity index (χ1v) is 8.48. The zero-order valence-electron chi connectivity index (χ0n) is 12.4. The molecule has 1 aliphatic rings. The molecule has 0 unspecified atom stereocenters. The highest BCUT2D eigenvalue weighted by Gasteiger charge is 2.25. The Morgan fingerprint density at radius 1 is 1.40 bits per heavy atom. The number of aromatic nitrogens is 2. The maximum atomic E-state index is 5.78. The number of hydrogen-bond donors (Lipinski definition) is 1. The number of piperidine rings is 1. The maximum Gasteiger partial charge on any atom is 0.195 e. The van der Waals surface area contributed by atoms with Gasteiger partial charge in [-0.25, -0.2) is 4.98 Å². The third kappa shape index (κ3) is 2.44. The molecule has 20 heavy (non-hydrogen) atoms. The van der Waals surface area contributed by atoms with E-state index in [9.17, 15) is 0 Å². The average molecular weight is 292 g/mol. The lowest BCUT2D eigenvalue weighted by molar-refractivity contribution is 0.310. The van der Waals surface area contributed by atoms with Gasteiger partial charge in [0.2, 0.25) is 0 Å². The molecule has 0 amide bonds. The summed E-state index contributed by atoms with van der Waals surface area (Å²) in [6, 6.07) is 0. The number of hydrogen-bond acceptors (Lipinski definition) is 4. The molecule has 110 valence electrons. The second-order valence-corrected chi connectivity index (χ2v) is 6.92. The van der Waals surface area contributed by atoms with E-state index in [0.29, 0.717) is 6.54 Å². The van der Waals surface area contributed by atoms with E-state index >= 15 is 0 Å². The van der Waals surface area contributed by atoms with E-state index in [1.807, 2.05) is 0 Å². The van der Waals surface area contributed by atoms with E-state index in [-0.39, 0.29) is 0 Å². The molecule has 0 saturated carbocycles. The number of thiazole rings is 1. The molecule has 2 aromatic heterocycles. The van der Waals surface area contributed by atoms with E-state index in [1.165, 1.54) is 24.4 Å². The first-order valence-electron chi connectivity index (χ1n) is 7.60. The van der Waals surface area contributed by atoms with Crippen LogP contribution in [0, 0.1) is 11.8 Å². The molecule has 0 aromatic carbocycles.